The van der Waals surface area contributed by atoms with Crippen LogP contribution in [0.1, 0.15) is 15.9 Å². The van der Waals surface area contributed by atoms with Gasteiger partial charge in [-0.05, 0) is 48.0 Å². The fourth-order valence-corrected chi connectivity index (χ4v) is 2.80. The monoisotopic (exact) mass is 344 g/mol. The lowest BCUT2D eigenvalue weighted by molar-refractivity contribution is 0.102. The normalized spacial score (nSPS) is 10.8. The van der Waals surface area contributed by atoms with Gasteiger partial charge in [-0.2, -0.15) is 0 Å². The third-order valence-corrected chi connectivity index (χ3v) is 4.15. The van der Waals surface area contributed by atoms with Crippen LogP contribution in [0, 0.1) is 0 Å². The summed E-state index contributed by atoms with van der Waals surface area (Å²) in [6.45, 7) is 0.759. The van der Waals surface area contributed by atoms with Gasteiger partial charge in [0.15, 0.2) is 0 Å². The summed E-state index contributed by atoms with van der Waals surface area (Å²) < 4.78 is 2.07. The van der Waals surface area contributed by atoms with E-state index in [0.29, 0.717) is 22.2 Å². The Morgan fingerprint density at radius 3 is 2.62 bits per heavy atom. The molecule has 26 heavy (non-hydrogen) atoms. The smallest absolute Gasteiger partial charge is 0.258 e. The fraction of sp³-hybridized carbons (Fsp3) is 0.0500. The first-order valence-electron chi connectivity index (χ1n) is 8.17. The lowest BCUT2D eigenvalue weighted by Crippen LogP contribution is -2.13. The van der Waals surface area contributed by atoms with E-state index in [-0.39, 0.29) is 11.5 Å². The van der Waals surface area contributed by atoms with Crippen molar-refractivity contribution in [2.75, 3.05) is 5.32 Å². The van der Waals surface area contributed by atoms with E-state index in [2.05, 4.69) is 19.9 Å². The number of nitrogens with zero attached hydrogens (tertiary/aromatic N) is 2. The highest BCUT2D eigenvalue weighted by Crippen LogP contribution is 2.15. The first-order chi connectivity index (χ1) is 12.7. The molecule has 4 rings (SSSR count). The summed E-state index contributed by atoms with van der Waals surface area (Å²) >= 11 is 0. The number of benzene rings is 2. The third kappa shape index (κ3) is 3.25. The zero-order valence-electron chi connectivity index (χ0n) is 13.8. The zero-order valence-corrected chi connectivity index (χ0v) is 13.8. The van der Waals surface area contributed by atoms with Crippen molar-refractivity contribution in [2.45, 2.75) is 6.54 Å². The Morgan fingerprint density at radius 1 is 1.08 bits per heavy atom. The van der Waals surface area contributed by atoms with E-state index in [9.17, 15) is 9.59 Å². The van der Waals surface area contributed by atoms with E-state index >= 15 is 0 Å². The van der Waals surface area contributed by atoms with Crippen molar-refractivity contribution < 1.29 is 4.79 Å². The van der Waals surface area contributed by atoms with Gasteiger partial charge in [0.2, 0.25) is 0 Å². The number of carbonyl (C=O) groups excluding carboxylic acids is 1. The van der Waals surface area contributed by atoms with E-state index < -0.39 is 0 Å². The number of carbonyl (C=O) groups is 1. The van der Waals surface area contributed by atoms with Gasteiger partial charge in [-0.3, -0.25) is 9.59 Å². The molecule has 6 nitrogen and oxygen atoms in total. The van der Waals surface area contributed by atoms with Crippen LogP contribution >= 0.6 is 0 Å². The van der Waals surface area contributed by atoms with Crippen LogP contribution in [0.25, 0.3) is 10.9 Å². The van der Waals surface area contributed by atoms with Crippen LogP contribution in [0.4, 0.5) is 5.69 Å². The average Bonchev–Trinajstić information content (AvgIpc) is 3.16. The molecule has 2 heterocycles. The number of aromatic nitrogens is 3. The summed E-state index contributed by atoms with van der Waals surface area (Å²) in [5.74, 6) is -0.225. The largest absolute Gasteiger partial charge is 0.350 e. The topological polar surface area (TPSA) is 79.8 Å². The predicted octanol–water partition coefficient (Wildman–Crippen LogP) is 3.03. The highest BCUT2D eigenvalue weighted by molar-refractivity contribution is 6.05. The molecule has 0 saturated heterocycles. The SMILES string of the molecule is O=C(Nc1ccc2nc[nH]c(=O)c2c1)c1ccc(Cn2cccc2)cc1. The molecule has 0 unspecified atom stereocenters. The minimum atomic E-state index is -0.236. The first kappa shape index (κ1) is 15.8. The second-order valence-electron chi connectivity index (χ2n) is 5.97. The van der Waals surface area contributed by atoms with Crippen LogP contribution in [0.15, 0.2) is 78.1 Å². The summed E-state index contributed by atoms with van der Waals surface area (Å²) in [4.78, 5) is 30.9. The van der Waals surface area contributed by atoms with Crippen LogP contribution < -0.4 is 10.9 Å². The summed E-state index contributed by atoms with van der Waals surface area (Å²) in [7, 11) is 0. The van der Waals surface area contributed by atoms with E-state index in [1.807, 2.05) is 36.7 Å². The van der Waals surface area contributed by atoms with Gasteiger partial charge in [0.1, 0.15) is 0 Å². The van der Waals surface area contributed by atoms with Crippen molar-refractivity contribution in [3.63, 3.8) is 0 Å². The Hall–Kier alpha value is -3.67. The van der Waals surface area contributed by atoms with Crippen molar-refractivity contribution in [2.24, 2.45) is 0 Å². The standard InChI is InChI=1S/C20H16N4O2/c25-19(15-5-3-14(4-6-15)12-24-9-1-2-10-24)23-16-7-8-18-17(11-16)20(26)22-13-21-18/h1-11,13H,12H2,(H,23,25)(H,21,22,26). The van der Waals surface area contributed by atoms with Crippen molar-refractivity contribution in [1.29, 1.82) is 0 Å². The maximum absolute atomic E-state index is 12.4. The van der Waals surface area contributed by atoms with Crippen molar-refractivity contribution in [1.82, 2.24) is 14.5 Å². The number of hydrogen-bond acceptors (Lipinski definition) is 3. The van der Waals surface area contributed by atoms with Crippen LogP contribution in [-0.4, -0.2) is 20.4 Å². The van der Waals surface area contributed by atoms with Gasteiger partial charge in [-0.1, -0.05) is 12.1 Å². The summed E-state index contributed by atoms with van der Waals surface area (Å²) in [5, 5.41) is 3.26. The zero-order chi connectivity index (χ0) is 17.9. The summed E-state index contributed by atoms with van der Waals surface area (Å²) in [6, 6.07) is 16.5. The van der Waals surface area contributed by atoms with Crippen LogP contribution in [0.3, 0.4) is 0 Å². The quantitative estimate of drug-likeness (QED) is 0.597. The molecule has 0 aliphatic heterocycles. The third-order valence-electron chi connectivity index (χ3n) is 4.15. The molecule has 2 N–H and O–H groups in total. The minimum Gasteiger partial charge on any atom is -0.350 e. The molecule has 6 heteroatoms. The predicted molar refractivity (Wildman–Crippen MR) is 100 cm³/mol. The highest BCUT2D eigenvalue weighted by Gasteiger charge is 2.08. The first-order valence-corrected chi connectivity index (χ1v) is 8.17. The second-order valence-corrected chi connectivity index (χ2v) is 5.97. The molecule has 0 aliphatic rings. The van der Waals surface area contributed by atoms with E-state index in [4.69, 9.17) is 0 Å². The van der Waals surface area contributed by atoms with Gasteiger partial charge in [-0.15, -0.1) is 0 Å². The molecule has 0 atom stereocenters. The second kappa shape index (κ2) is 6.68. The van der Waals surface area contributed by atoms with Gasteiger partial charge in [0, 0.05) is 30.2 Å². The van der Waals surface area contributed by atoms with Crippen LogP contribution in [-0.2, 0) is 6.54 Å². The molecule has 0 aliphatic carbocycles. The Morgan fingerprint density at radius 2 is 1.85 bits per heavy atom. The molecule has 2 aromatic carbocycles. The molecule has 0 fully saturated rings. The summed E-state index contributed by atoms with van der Waals surface area (Å²) in [5.41, 5.74) is 2.57. The van der Waals surface area contributed by atoms with Crippen molar-refractivity contribution in [3.05, 3.63) is 94.8 Å². The number of aromatic amines is 1. The molecular formula is C20H16N4O2. The lowest BCUT2D eigenvalue weighted by Gasteiger charge is -2.08. The maximum atomic E-state index is 12.4. The van der Waals surface area contributed by atoms with E-state index in [1.165, 1.54) is 6.33 Å². The van der Waals surface area contributed by atoms with Gasteiger partial charge in [-0.25, -0.2) is 4.98 Å². The van der Waals surface area contributed by atoms with E-state index in [0.717, 1.165) is 12.1 Å². The van der Waals surface area contributed by atoms with Crippen molar-refractivity contribution >= 4 is 22.5 Å². The fourth-order valence-electron chi connectivity index (χ4n) is 2.80. The number of hydrogen-bond donors (Lipinski definition) is 2. The molecule has 128 valence electrons. The molecule has 0 saturated carbocycles. The van der Waals surface area contributed by atoms with Crippen LogP contribution in [0.5, 0.6) is 0 Å². The molecule has 0 bridgehead atoms. The van der Waals surface area contributed by atoms with E-state index in [1.54, 1.807) is 30.3 Å². The minimum absolute atomic E-state index is 0.225. The number of H-pyrrole nitrogens is 1. The Bertz CT molecular complexity index is 1110. The lowest BCUT2D eigenvalue weighted by atomic mass is 10.1. The Balaban J connectivity index is 1.51. The molecular weight excluding hydrogens is 328 g/mol. The number of anilines is 1. The van der Waals surface area contributed by atoms with Gasteiger partial charge in [0.05, 0.1) is 17.2 Å². The molecule has 0 radical (unpaired) electrons. The Labute approximate surface area is 149 Å². The highest BCUT2D eigenvalue weighted by atomic mass is 16.1. The number of fused-ring (bicyclic) bond motifs is 1. The van der Waals surface area contributed by atoms with Gasteiger partial charge >= 0.3 is 0 Å². The average molecular weight is 344 g/mol. The number of nitrogens with one attached hydrogen (secondary N) is 2. The Kier molecular flexibility index (Phi) is 4.07. The van der Waals surface area contributed by atoms with Gasteiger partial charge in [0.25, 0.3) is 11.5 Å². The van der Waals surface area contributed by atoms with Crippen molar-refractivity contribution in [3.8, 4) is 0 Å². The molecule has 4 aromatic rings. The maximum Gasteiger partial charge on any atom is 0.258 e. The number of rotatable bonds is 4. The van der Waals surface area contributed by atoms with Gasteiger partial charge < -0.3 is 14.9 Å². The molecule has 2 aromatic heterocycles. The summed E-state index contributed by atoms with van der Waals surface area (Å²) in [6.07, 6.45) is 5.35. The van der Waals surface area contributed by atoms with Crippen LogP contribution in [0.2, 0.25) is 0 Å². The molecule has 0 spiro atoms. The number of amides is 1. The molecule has 1 amide bonds.